The maximum absolute atomic E-state index is 6.01. The Hall–Kier alpha value is -1.25. The summed E-state index contributed by atoms with van der Waals surface area (Å²) in [4.78, 5) is 6.66. The van der Waals surface area contributed by atoms with Gasteiger partial charge in [-0.3, -0.25) is 0 Å². The van der Waals surface area contributed by atoms with Gasteiger partial charge in [-0.25, -0.2) is 4.98 Å². The second-order valence-electron chi connectivity index (χ2n) is 3.91. The van der Waals surface area contributed by atoms with Crippen LogP contribution in [0.5, 0.6) is 0 Å². The Morgan fingerprint density at radius 1 is 1.29 bits per heavy atom. The number of piperidine rings is 1. The van der Waals surface area contributed by atoms with Crippen LogP contribution in [-0.2, 0) is 0 Å². The Balaban J connectivity index is 2.26. The molecule has 1 fully saturated rings. The predicted molar refractivity (Wildman–Crippen MR) is 59.5 cm³/mol. The van der Waals surface area contributed by atoms with Crippen molar-refractivity contribution in [3.63, 3.8) is 0 Å². The molecular weight excluding hydrogens is 174 g/mol. The monoisotopic (exact) mass is 191 g/mol. The predicted octanol–water partition coefficient (Wildman–Crippen LogP) is 1.96. The first-order chi connectivity index (χ1) is 6.79. The van der Waals surface area contributed by atoms with Crippen LogP contribution in [0, 0.1) is 6.92 Å². The molecule has 0 radical (unpaired) electrons. The summed E-state index contributed by atoms with van der Waals surface area (Å²) in [5, 5.41) is 0. The number of anilines is 2. The van der Waals surface area contributed by atoms with Crippen LogP contribution < -0.4 is 10.6 Å². The summed E-state index contributed by atoms with van der Waals surface area (Å²) in [5.41, 5.74) is 7.98. The SMILES string of the molecule is Cc1ccnc(N2CCCCC2)c1N. The van der Waals surface area contributed by atoms with Crippen molar-refractivity contribution in [3.05, 3.63) is 17.8 Å². The van der Waals surface area contributed by atoms with Crippen LogP contribution in [0.2, 0.25) is 0 Å². The molecule has 0 bridgehead atoms. The highest BCUT2D eigenvalue weighted by molar-refractivity contribution is 5.66. The first-order valence-corrected chi connectivity index (χ1v) is 5.25. The molecule has 1 aliphatic heterocycles. The van der Waals surface area contributed by atoms with Crippen molar-refractivity contribution in [2.45, 2.75) is 26.2 Å². The molecule has 1 aliphatic rings. The van der Waals surface area contributed by atoms with Gasteiger partial charge in [0, 0.05) is 19.3 Å². The molecule has 2 rings (SSSR count). The normalized spacial score (nSPS) is 17.1. The lowest BCUT2D eigenvalue weighted by Crippen LogP contribution is -2.30. The van der Waals surface area contributed by atoms with Crippen LogP contribution >= 0.6 is 0 Å². The molecule has 0 spiro atoms. The highest BCUT2D eigenvalue weighted by Crippen LogP contribution is 2.25. The zero-order chi connectivity index (χ0) is 9.97. The standard InChI is InChI=1S/C11H17N3/c1-9-5-6-13-11(10(9)12)14-7-3-2-4-8-14/h5-6H,2-4,7-8,12H2,1H3. The lowest BCUT2D eigenvalue weighted by Gasteiger charge is -2.28. The van der Waals surface area contributed by atoms with Gasteiger partial charge in [-0.05, 0) is 37.8 Å². The van der Waals surface area contributed by atoms with Gasteiger partial charge in [0.15, 0.2) is 5.82 Å². The molecule has 3 heteroatoms. The van der Waals surface area contributed by atoms with Gasteiger partial charge in [-0.1, -0.05) is 0 Å². The molecule has 1 saturated heterocycles. The zero-order valence-electron chi connectivity index (χ0n) is 8.66. The van der Waals surface area contributed by atoms with Crippen molar-refractivity contribution >= 4 is 11.5 Å². The summed E-state index contributed by atoms with van der Waals surface area (Å²) in [7, 11) is 0. The first kappa shape index (κ1) is 9.31. The fourth-order valence-corrected chi connectivity index (χ4v) is 1.91. The van der Waals surface area contributed by atoms with Gasteiger partial charge in [0.2, 0.25) is 0 Å². The second kappa shape index (κ2) is 3.86. The Bertz CT molecular complexity index is 316. The molecular formula is C11H17N3. The van der Waals surface area contributed by atoms with Crippen molar-refractivity contribution in [1.82, 2.24) is 4.98 Å². The fourth-order valence-electron chi connectivity index (χ4n) is 1.91. The summed E-state index contributed by atoms with van der Waals surface area (Å²) >= 11 is 0. The van der Waals surface area contributed by atoms with Crippen LogP contribution in [-0.4, -0.2) is 18.1 Å². The lowest BCUT2D eigenvalue weighted by molar-refractivity contribution is 0.574. The van der Waals surface area contributed by atoms with E-state index in [0.717, 1.165) is 30.2 Å². The first-order valence-electron chi connectivity index (χ1n) is 5.25. The van der Waals surface area contributed by atoms with Crippen LogP contribution in [0.4, 0.5) is 11.5 Å². The molecule has 1 aromatic heterocycles. The van der Waals surface area contributed by atoms with Crippen molar-refractivity contribution in [2.24, 2.45) is 0 Å². The van der Waals surface area contributed by atoms with Gasteiger partial charge in [-0.2, -0.15) is 0 Å². The molecule has 0 unspecified atom stereocenters. The highest BCUT2D eigenvalue weighted by Gasteiger charge is 2.14. The number of nitrogens with zero attached hydrogens (tertiary/aromatic N) is 2. The molecule has 2 heterocycles. The Morgan fingerprint density at radius 3 is 2.71 bits per heavy atom. The topological polar surface area (TPSA) is 42.2 Å². The van der Waals surface area contributed by atoms with Crippen molar-refractivity contribution in [1.29, 1.82) is 0 Å². The number of aryl methyl sites for hydroxylation is 1. The third-order valence-electron chi connectivity index (χ3n) is 2.84. The van der Waals surface area contributed by atoms with Crippen LogP contribution in [0.3, 0.4) is 0 Å². The summed E-state index contributed by atoms with van der Waals surface area (Å²) in [6.07, 6.45) is 5.70. The van der Waals surface area contributed by atoms with Gasteiger partial charge in [0.25, 0.3) is 0 Å². The number of hydrogen-bond acceptors (Lipinski definition) is 3. The number of nitrogens with two attached hydrogens (primary N) is 1. The Kier molecular flexibility index (Phi) is 2.57. The Labute approximate surface area is 84.9 Å². The average Bonchev–Trinajstić information content (AvgIpc) is 2.23. The van der Waals surface area contributed by atoms with Crippen molar-refractivity contribution < 1.29 is 0 Å². The molecule has 0 atom stereocenters. The van der Waals surface area contributed by atoms with Crippen molar-refractivity contribution in [2.75, 3.05) is 23.7 Å². The van der Waals surface area contributed by atoms with Crippen LogP contribution in [0.25, 0.3) is 0 Å². The summed E-state index contributed by atoms with van der Waals surface area (Å²) in [5.74, 6) is 0.977. The minimum atomic E-state index is 0.842. The lowest BCUT2D eigenvalue weighted by atomic mass is 10.1. The maximum atomic E-state index is 6.01. The van der Waals surface area contributed by atoms with E-state index < -0.39 is 0 Å². The summed E-state index contributed by atoms with van der Waals surface area (Å²) in [6.45, 7) is 4.23. The molecule has 0 aromatic carbocycles. The molecule has 0 amide bonds. The van der Waals surface area contributed by atoms with E-state index >= 15 is 0 Å². The Morgan fingerprint density at radius 2 is 2.00 bits per heavy atom. The third kappa shape index (κ3) is 1.67. The maximum Gasteiger partial charge on any atom is 0.152 e. The van der Waals surface area contributed by atoms with Gasteiger partial charge < -0.3 is 10.6 Å². The van der Waals surface area contributed by atoms with Gasteiger partial charge in [-0.15, -0.1) is 0 Å². The molecule has 76 valence electrons. The van der Waals surface area contributed by atoms with Crippen molar-refractivity contribution in [3.8, 4) is 0 Å². The fraction of sp³-hybridized carbons (Fsp3) is 0.545. The summed E-state index contributed by atoms with van der Waals surface area (Å²) in [6, 6.07) is 1.96. The minimum absolute atomic E-state index is 0.842. The van der Waals surface area contributed by atoms with Gasteiger partial charge in [0.05, 0.1) is 5.69 Å². The molecule has 14 heavy (non-hydrogen) atoms. The quantitative estimate of drug-likeness (QED) is 0.738. The van der Waals surface area contributed by atoms with Crippen LogP contribution in [0.1, 0.15) is 24.8 Å². The second-order valence-corrected chi connectivity index (χ2v) is 3.91. The molecule has 0 aliphatic carbocycles. The highest BCUT2D eigenvalue weighted by atomic mass is 15.2. The number of hydrogen-bond donors (Lipinski definition) is 1. The average molecular weight is 191 g/mol. The third-order valence-corrected chi connectivity index (χ3v) is 2.84. The molecule has 3 nitrogen and oxygen atoms in total. The van der Waals surface area contributed by atoms with E-state index in [1.54, 1.807) is 0 Å². The summed E-state index contributed by atoms with van der Waals surface area (Å²) < 4.78 is 0. The largest absolute Gasteiger partial charge is 0.396 e. The van der Waals surface area contributed by atoms with Gasteiger partial charge in [0.1, 0.15) is 0 Å². The molecule has 2 N–H and O–H groups in total. The number of pyridine rings is 1. The number of rotatable bonds is 1. The smallest absolute Gasteiger partial charge is 0.152 e. The number of nitrogen functional groups attached to an aromatic ring is 1. The van der Waals surface area contributed by atoms with E-state index in [4.69, 9.17) is 5.73 Å². The van der Waals surface area contributed by atoms with E-state index in [1.807, 2.05) is 19.2 Å². The zero-order valence-corrected chi connectivity index (χ0v) is 8.66. The number of aromatic nitrogens is 1. The molecule has 0 saturated carbocycles. The van der Waals surface area contributed by atoms with E-state index in [2.05, 4.69) is 9.88 Å². The van der Waals surface area contributed by atoms with Crippen LogP contribution in [0.15, 0.2) is 12.3 Å². The minimum Gasteiger partial charge on any atom is -0.396 e. The van der Waals surface area contributed by atoms with E-state index in [0.29, 0.717) is 0 Å². The van der Waals surface area contributed by atoms with Gasteiger partial charge >= 0.3 is 0 Å². The molecule has 1 aromatic rings. The van der Waals surface area contributed by atoms with E-state index in [9.17, 15) is 0 Å². The van der Waals surface area contributed by atoms with E-state index in [1.165, 1.54) is 19.3 Å². The van der Waals surface area contributed by atoms with E-state index in [-0.39, 0.29) is 0 Å².